The predicted molar refractivity (Wildman–Crippen MR) is 88.5 cm³/mol. The molecular formula is C18H12ClFN2O. The van der Waals surface area contributed by atoms with Gasteiger partial charge in [0, 0.05) is 22.5 Å². The monoisotopic (exact) mass is 326 g/mol. The lowest BCUT2D eigenvalue weighted by atomic mass is 10.1. The number of carbonyl (C=O) groups excluding carboxylic acids is 1. The maximum absolute atomic E-state index is 13.4. The molecule has 2 aromatic carbocycles. The number of carbonyl (C=O) groups is 1. The first-order valence-electron chi connectivity index (χ1n) is 7.28. The molecule has 3 aromatic rings. The second-order valence-corrected chi connectivity index (χ2v) is 5.96. The molecule has 0 spiro atoms. The highest BCUT2D eigenvalue weighted by Crippen LogP contribution is 2.31. The Morgan fingerprint density at radius 3 is 2.87 bits per heavy atom. The third kappa shape index (κ3) is 2.45. The molecule has 1 aliphatic heterocycles. The van der Waals surface area contributed by atoms with Crippen LogP contribution in [0.3, 0.4) is 0 Å². The Bertz CT molecular complexity index is 941. The van der Waals surface area contributed by atoms with Gasteiger partial charge in [-0.05, 0) is 54.4 Å². The van der Waals surface area contributed by atoms with E-state index in [4.69, 9.17) is 11.6 Å². The standard InChI is InChI=1S/C18H12ClFN2O/c19-14-4-5-16-13(9-14)8-11-6-7-22(17(11)21-16)18(23)12-2-1-3-15(20)10-12/h1-5,8-10H,6-7H2. The van der Waals surface area contributed by atoms with E-state index in [-0.39, 0.29) is 5.91 Å². The minimum Gasteiger partial charge on any atom is -0.292 e. The Labute approximate surface area is 137 Å². The molecule has 5 heteroatoms. The van der Waals surface area contributed by atoms with Gasteiger partial charge in [-0.2, -0.15) is 0 Å². The van der Waals surface area contributed by atoms with Crippen LogP contribution in [0.1, 0.15) is 15.9 Å². The molecule has 23 heavy (non-hydrogen) atoms. The number of anilines is 1. The number of pyridine rings is 1. The second kappa shape index (κ2) is 5.32. The number of nitrogens with zero attached hydrogens (tertiary/aromatic N) is 2. The first-order valence-corrected chi connectivity index (χ1v) is 7.66. The van der Waals surface area contributed by atoms with Gasteiger partial charge in [-0.3, -0.25) is 9.69 Å². The van der Waals surface area contributed by atoms with Crippen LogP contribution in [0, 0.1) is 5.82 Å². The van der Waals surface area contributed by atoms with Crippen molar-refractivity contribution in [2.24, 2.45) is 0 Å². The van der Waals surface area contributed by atoms with Crippen molar-refractivity contribution >= 4 is 34.2 Å². The minimum absolute atomic E-state index is 0.232. The van der Waals surface area contributed by atoms with Crippen LogP contribution in [0.5, 0.6) is 0 Å². The highest BCUT2D eigenvalue weighted by Gasteiger charge is 2.27. The van der Waals surface area contributed by atoms with Gasteiger partial charge < -0.3 is 0 Å². The molecule has 0 radical (unpaired) electrons. The van der Waals surface area contributed by atoms with Gasteiger partial charge in [-0.25, -0.2) is 9.37 Å². The third-order valence-electron chi connectivity index (χ3n) is 4.01. The van der Waals surface area contributed by atoms with Crippen LogP contribution in [0.4, 0.5) is 10.2 Å². The molecule has 0 fully saturated rings. The number of rotatable bonds is 1. The lowest BCUT2D eigenvalue weighted by Gasteiger charge is -2.16. The molecule has 0 atom stereocenters. The highest BCUT2D eigenvalue weighted by atomic mass is 35.5. The molecule has 1 aliphatic rings. The molecular weight excluding hydrogens is 315 g/mol. The van der Waals surface area contributed by atoms with Crippen LogP contribution in [0.2, 0.25) is 5.02 Å². The number of hydrogen-bond acceptors (Lipinski definition) is 2. The van der Waals surface area contributed by atoms with Gasteiger partial charge in [0.05, 0.1) is 5.52 Å². The first-order chi connectivity index (χ1) is 11.1. The van der Waals surface area contributed by atoms with E-state index in [1.54, 1.807) is 17.0 Å². The van der Waals surface area contributed by atoms with Crippen molar-refractivity contribution in [1.82, 2.24) is 4.98 Å². The summed E-state index contributed by atoms with van der Waals surface area (Å²) in [5, 5.41) is 1.61. The summed E-state index contributed by atoms with van der Waals surface area (Å²) >= 11 is 6.02. The molecule has 0 N–H and O–H groups in total. The predicted octanol–water partition coefficient (Wildman–Crippen LogP) is 4.23. The number of halogens is 2. The average molecular weight is 327 g/mol. The fraction of sp³-hybridized carbons (Fsp3) is 0.111. The summed E-state index contributed by atoms with van der Waals surface area (Å²) in [6.07, 6.45) is 0.728. The summed E-state index contributed by atoms with van der Waals surface area (Å²) in [6, 6.07) is 13.2. The van der Waals surface area contributed by atoms with E-state index in [0.29, 0.717) is 22.9 Å². The highest BCUT2D eigenvalue weighted by molar-refractivity contribution is 6.31. The Balaban J connectivity index is 1.77. The van der Waals surface area contributed by atoms with Crippen molar-refractivity contribution in [3.8, 4) is 0 Å². The van der Waals surface area contributed by atoms with Gasteiger partial charge in [0.2, 0.25) is 0 Å². The van der Waals surface area contributed by atoms with E-state index in [2.05, 4.69) is 4.98 Å². The average Bonchev–Trinajstić information content (AvgIpc) is 2.94. The summed E-state index contributed by atoms with van der Waals surface area (Å²) in [7, 11) is 0. The van der Waals surface area contributed by atoms with Gasteiger partial charge >= 0.3 is 0 Å². The topological polar surface area (TPSA) is 33.2 Å². The van der Waals surface area contributed by atoms with Gasteiger partial charge in [-0.1, -0.05) is 17.7 Å². The summed E-state index contributed by atoms with van der Waals surface area (Å²) < 4.78 is 13.4. The largest absolute Gasteiger partial charge is 0.292 e. The van der Waals surface area contributed by atoms with E-state index in [1.165, 1.54) is 18.2 Å². The molecule has 0 saturated carbocycles. The Hall–Kier alpha value is -2.46. The van der Waals surface area contributed by atoms with Crippen LogP contribution in [0.25, 0.3) is 10.9 Å². The van der Waals surface area contributed by atoms with Gasteiger partial charge in [0.15, 0.2) is 0 Å². The molecule has 3 nitrogen and oxygen atoms in total. The second-order valence-electron chi connectivity index (χ2n) is 5.53. The summed E-state index contributed by atoms with van der Waals surface area (Å²) in [5.41, 5.74) is 2.12. The molecule has 0 saturated heterocycles. The van der Waals surface area contributed by atoms with Crippen molar-refractivity contribution in [1.29, 1.82) is 0 Å². The van der Waals surface area contributed by atoms with Gasteiger partial charge in [0.1, 0.15) is 11.6 Å². The summed E-state index contributed by atoms with van der Waals surface area (Å²) in [6.45, 7) is 0.543. The number of hydrogen-bond donors (Lipinski definition) is 0. The number of benzene rings is 2. The molecule has 1 amide bonds. The molecule has 2 heterocycles. The maximum Gasteiger partial charge on any atom is 0.259 e. The van der Waals surface area contributed by atoms with Crippen molar-refractivity contribution in [3.63, 3.8) is 0 Å². The normalized spacial score (nSPS) is 13.4. The van der Waals surface area contributed by atoms with Crippen molar-refractivity contribution in [2.45, 2.75) is 6.42 Å². The smallest absolute Gasteiger partial charge is 0.259 e. The first kappa shape index (κ1) is 14.2. The molecule has 0 bridgehead atoms. The van der Waals surface area contributed by atoms with E-state index >= 15 is 0 Å². The zero-order valence-corrected chi connectivity index (χ0v) is 12.8. The van der Waals surface area contributed by atoms with Crippen LogP contribution in [0.15, 0.2) is 48.5 Å². The van der Waals surface area contributed by atoms with Crippen LogP contribution < -0.4 is 4.90 Å². The van der Waals surface area contributed by atoms with E-state index < -0.39 is 5.82 Å². The molecule has 4 rings (SSSR count). The summed E-state index contributed by atoms with van der Waals surface area (Å²) in [4.78, 5) is 18.9. The van der Waals surface area contributed by atoms with Gasteiger partial charge in [0.25, 0.3) is 5.91 Å². The lowest BCUT2D eigenvalue weighted by Crippen LogP contribution is -2.29. The van der Waals surface area contributed by atoms with E-state index in [1.807, 2.05) is 18.2 Å². The van der Waals surface area contributed by atoms with E-state index in [9.17, 15) is 9.18 Å². The number of aromatic nitrogens is 1. The Morgan fingerprint density at radius 1 is 1.17 bits per heavy atom. The Kier molecular flexibility index (Phi) is 3.27. The Morgan fingerprint density at radius 2 is 2.04 bits per heavy atom. The fourth-order valence-electron chi connectivity index (χ4n) is 2.91. The number of fused-ring (bicyclic) bond motifs is 2. The maximum atomic E-state index is 13.4. The zero-order chi connectivity index (χ0) is 16.0. The zero-order valence-electron chi connectivity index (χ0n) is 12.1. The van der Waals surface area contributed by atoms with Crippen molar-refractivity contribution in [3.05, 3.63) is 70.5 Å². The number of amides is 1. The van der Waals surface area contributed by atoms with Gasteiger partial charge in [-0.15, -0.1) is 0 Å². The quantitative estimate of drug-likeness (QED) is 0.670. The molecule has 1 aromatic heterocycles. The minimum atomic E-state index is -0.420. The van der Waals surface area contributed by atoms with Crippen molar-refractivity contribution in [2.75, 3.05) is 11.4 Å². The van der Waals surface area contributed by atoms with Crippen LogP contribution in [-0.4, -0.2) is 17.4 Å². The molecule has 0 unspecified atom stereocenters. The molecule has 0 aliphatic carbocycles. The van der Waals surface area contributed by atoms with E-state index in [0.717, 1.165) is 22.9 Å². The summed E-state index contributed by atoms with van der Waals surface area (Å²) in [5.74, 6) is -0.00506. The van der Waals surface area contributed by atoms with Crippen LogP contribution >= 0.6 is 11.6 Å². The third-order valence-corrected chi connectivity index (χ3v) is 4.25. The lowest BCUT2D eigenvalue weighted by molar-refractivity contribution is 0.0988. The molecule has 114 valence electrons. The SMILES string of the molecule is O=C(c1cccc(F)c1)N1CCc2cc3cc(Cl)ccc3nc21. The fourth-order valence-corrected chi connectivity index (χ4v) is 3.09. The van der Waals surface area contributed by atoms with Crippen molar-refractivity contribution < 1.29 is 9.18 Å². The van der Waals surface area contributed by atoms with Crippen LogP contribution in [-0.2, 0) is 6.42 Å².